The van der Waals surface area contributed by atoms with Crippen molar-refractivity contribution in [1.29, 1.82) is 0 Å². The fourth-order valence-electron chi connectivity index (χ4n) is 2.53. The van der Waals surface area contributed by atoms with Crippen molar-refractivity contribution < 1.29 is 0 Å². The smallest absolute Gasteiger partial charge is 0.135 e. The third-order valence-corrected chi connectivity index (χ3v) is 3.64. The van der Waals surface area contributed by atoms with Crippen LogP contribution in [0.4, 0.5) is 0 Å². The molecule has 0 fully saturated rings. The maximum atomic E-state index is 5.57. The molecule has 0 saturated heterocycles. The zero-order valence-corrected chi connectivity index (χ0v) is 14.1. The van der Waals surface area contributed by atoms with Crippen LogP contribution in [0, 0.1) is 16.5 Å². The minimum Gasteiger partial charge on any atom is -0.284 e. The van der Waals surface area contributed by atoms with E-state index in [4.69, 9.17) is 12.2 Å². The van der Waals surface area contributed by atoms with Crippen LogP contribution in [0.5, 0.6) is 0 Å². The Balaban J connectivity index is 2.27. The number of benzene rings is 1. The normalized spacial score (nSPS) is 12.0. The molecular formula is C16H24N4S. The molecule has 0 radical (unpaired) electrons. The van der Waals surface area contributed by atoms with E-state index >= 15 is 0 Å². The van der Waals surface area contributed by atoms with Crippen molar-refractivity contribution in [2.24, 2.45) is 11.8 Å². The highest BCUT2D eigenvalue weighted by Crippen LogP contribution is 2.12. The summed E-state index contributed by atoms with van der Waals surface area (Å²) in [6, 6.07) is 7.91. The summed E-state index contributed by atoms with van der Waals surface area (Å²) in [5.41, 5.74) is 0.859. The molecule has 5 heteroatoms. The standard InChI is InChI=1S/C16H24N4S/c1-12(2)9-19(10-13(3)4)11-20-16(21)14-7-5-6-8-15(14)17-18-20/h5-8,12-13H,9-11H2,1-4H3. The lowest BCUT2D eigenvalue weighted by Gasteiger charge is -2.26. The Kier molecular flexibility index (Phi) is 5.42. The van der Waals surface area contributed by atoms with Crippen LogP contribution in [-0.2, 0) is 6.67 Å². The Morgan fingerprint density at radius 1 is 1.10 bits per heavy atom. The summed E-state index contributed by atoms with van der Waals surface area (Å²) in [6.45, 7) is 11.7. The van der Waals surface area contributed by atoms with Gasteiger partial charge >= 0.3 is 0 Å². The fourth-order valence-corrected chi connectivity index (χ4v) is 2.80. The van der Waals surface area contributed by atoms with Gasteiger partial charge in [0.25, 0.3) is 0 Å². The van der Waals surface area contributed by atoms with E-state index in [0.29, 0.717) is 18.5 Å². The lowest BCUT2D eigenvalue weighted by atomic mass is 10.1. The zero-order valence-electron chi connectivity index (χ0n) is 13.3. The van der Waals surface area contributed by atoms with Gasteiger partial charge in [-0.25, -0.2) is 4.68 Å². The van der Waals surface area contributed by atoms with Gasteiger partial charge in [0.2, 0.25) is 0 Å². The predicted molar refractivity (Wildman–Crippen MR) is 89.6 cm³/mol. The maximum Gasteiger partial charge on any atom is 0.135 e. The second-order valence-corrected chi connectivity index (χ2v) is 6.76. The summed E-state index contributed by atoms with van der Waals surface area (Å²) in [5, 5.41) is 9.55. The second kappa shape index (κ2) is 7.09. The van der Waals surface area contributed by atoms with Gasteiger partial charge in [-0.1, -0.05) is 57.3 Å². The number of aromatic nitrogens is 3. The van der Waals surface area contributed by atoms with E-state index < -0.39 is 0 Å². The molecule has 114 valence electrons. The van der Waals surface area contributed by atoms with E-state index in [9.17, 15) is 0 Å². The zero-order chi connectivity index (χ0) is 15.4. The highest BCUT2D eigenvalue weighted by atomic mass is 32.1. The molecule has 1 aromatic carbocycles. The largest absolute Gasteiger partial charge is 0.284 e. The molecule has 0 spiro atoms. The Morgan fingerprint density at radius 3 is 2.33 bits per heavy atom. The number of rotatable bonds is 6. The summed E-state index contributed by atoms with van der Waals surface area (Å²) in [5.74, 6) is 1.23. The molecule has 4 nitrogen and oxygen atoms in total. The van der Waals surface area contributed by atoms with Crippen LogP contribution < -0.4 is 0 Å². The summed E-state index contributed by atoms with van der Waals surface area (Å²) >= 11 is 5.57. The molecule has 2 rings (SSSR count). The van der Waals surface area contributed by atoms with Gasteiger partial charge in [-0.3, -0.25) is 4.90 Å². The van der Waals surface area contributed by atoms with Crippen LogP contribution in [0.15, 0.2) is 24.3 Å². The predicted octanol–water partition coefficient (Wildman–Crippen LogP) is 3.73. The lowest BCUT2D eigenvalue weighted by Crippen LogP contribution is -2.34. The molecule has 1 heterocycles. The van der Waals surface area contributed by atoms with E-state index in [2.05, 4.69) is 42.9 Å². The summed E-state index contributed by atoms with van der Waals surface area (Å²) in [7, 11) is 0. The maximum absolute atomic E-state index is 5.57. The molecule has 2 aromatic rings. The van der Waals surface area contributed by atoms with Gasteiger partial charge < -0.3 is 0 Å². The van der Waals surface area contributed by atoms with Crippen LogP contribution >= 0.6 is 12.2 Å². The third kappa shape index (κ3) is 4.32. The van der Waals surface area contributed by atoms with Crippen molar-refractivity contribution in [1.82, 2.24) is 19.9 Å². The molecule has 0 atom stereocenters. The fraction of sp³-hybridized carbons (Fsp3) is 0.562. The van der Waals surface area contributed by atoms with E-state index in [1.165, 1.54) is 0 Å². The molecule has 0 N–H and O–H groups in total. The number of fused-ring (bicyclic) bond motifs is 1. The minimum atomic E-state index is 0.617. The molecule has 0 aliphatic rings. The van der Waals surface area contributed by atoms with Gasteiger partial charge in [-0.2, -0.15) is 0 Å². The molecule has 1 aromatic heterocycles. The van der Waals surface area contributed by atoms with Gasteiger partial charge in [0.1, 0.15) is 4.64 Å². The Hall–Kier alpha value is -1.33. The van der Waals surface area contributed by atoms with Gasteiger partial charge in [-0.15, -0.1) is 5.10 Å². The summed E-state index contributed by atoms with van der Waals surface area (Å²) in [4.78, 5) is 2.40. The Labute approximate surface area is 131 Å². The molecule has 0 unspecified atom stereocenters. The first-order valence-electron chi connectivity index (χ1n) is 7.52. The first-order valence-corrected chi connectivity index (χ1v) is 7.93. The molecule has 0 saturated carbocycles. The third-order valence-electron chi connectivity index (χ3n) is 3.21. The Bertz CT molecular complexity index is 638. The monoisotopic (exact) mass is 304 g/mol. The van der Waals surface area contributed by atoms with Crippen molar-refractivity contribution >= 4 is 23.1 Å². The average Bonchev–Trinajstić information content (AvgIpc) is 2.41. The number of hydrogen-bond donors (Lipinski definition) is 0. The van der Waals surface area contributed by atoms with Crippen molar-refractivity contribution in [2.45, 2.75) is 34.4 Å². The minimum absolute atomic E-state index is 0.617. The Morgan fingerprint density at radius 2 is 1.71 bits per heavy atom. The van der Waals surface area contributed by atoms with Gasteiger partial charge in [-0.05, 0) is 24.0 Å². The van der Waals surface area contributed by atoms with Crippen LogP contribution in [0.3, 0.4) is 0 Å². The van der Waals surface area contributed by atoms with Crippen LogP contribution in [0.25, 0.3) is 10.9 Å². The summed E-state index contributed by atoms with van der Waals surface area (Å²) in [6.07, 6.45) is 0. The molecule has 0 aliphatic carbocycles. The van der Waals surface area contributed by atoms with Crippen molar-refractivity contribution in [3.05, 3.63) is 28.9 Å². The average molecular weight is 304 g/mol. The van der Waals surface area contributed by atoms with E-state index in [-0.39, 0.29) is 0 Å². The molecule has 0 amide bonds. The number of hydrogen-bond acceptors (Lipinski definition) is 4. The molecule has 21 heavy (non-hydrogen) atoms. The quantitative estimate of drug-likeness (QED) is 0.762. The number of nitrogens with zero attached hydrogens (tertiary/aromatic N) is 4. The SMILES string of the molecule is CC(C)CN(CC(C)C)Cn1nnc2ccccc2c1=S. The lowest BCUT2D eigenvalue weighted by molar-refractivity contribution is 0.162. The highest BCUT2D eigenvalue weighted by Gasteiger charge is 2.11. The van der Waals surface area contributed by atoms with Crippen molar-refractivity contribution in [3.63, 3.8) is 0 Å². The van der Waals surface area contributed by atoms with Crippen molar-refractivity contribution in [3.8, 4) is 0 Å². The molecule has 0 aliphatic heterocycles. The summed E-state index contributed by atoms with van der Waals surface area (Å²) < 4.78 is 2.60. The molecule has 0 bridgehead atoms. The first kappa shape index (κ1) is 16.0. The van der Waals surface area contributed by atoms with Crippen LogP contribution in [-0.4, -0.2) is 33.0 Å². The van der Waals surface area contributed by atoms with Crippen LogP contribution in [0.2, 0.25) is 0 Å². The molecular weight excluding hydrogens is 280 g/mol. The van der Waals surface area contributed by atoms with E-state index in [1.54, 1.807) is 0 Å². The van der Waals surface area contributed by atoms with Crippen molar-refractivity contribution in [2.75, 3.05) is 13.1 Å². The first-order chi connectivity index (χ1) is 9.97. The van der Waals surface area contributed by atoms with Crippen LogP contribution in [0.1, 0.15) is 27.7 Å². The topological polar surface area (TPSA) is 34.0 Å². The van der Waals surface area contributed by atoms with Gasteiger partial charge in [0, 0.05) is 18.5 Å². The van der Waals surface area contributed by atoms with Gasteiger partial charge in [0.05, 0.1) is 12.2 Å². The highest BCUT2D eigenvalue weighted by molar-refractivity contribution is 7.71. The second-order valence-electron chi connectivity index (χ2n) is 6.38. The van der Waals surface area contributed by atoms with Gasteiger partial charge in [0.15, 0.2) is 0 Å². The van der Waals surface area contributed by atoms with E-state index in [0.717, 1.165) is 28.6 Å². The van der Waals surface area contributed by atoms with E-state index in [1.807, 2.05) is 28.9 Å².